The van der Waals surface area contributed by atoms with Crippen LogP contribution in [0.4, 0.5) is 0 Å². The first kappa shape index (κ1) is 11.8. The van der Waals surface area contributed by atoms with Crippen LogP contribution in [0.5, 0.6) is 0 Å². The van der Waals surface area contributed by atoms with Crippen molar-refractivity contribution in [2.24, 2.45) is 5.41 Å². The van der Waals surface area contributed by atoms with E-state index in [1.807, 2.05) is 6.92 Å². The zero-order valence-corrected chi connectivity index (χ0v) is 10.9. The highest BCUT2D eigenvalue weighted by atomic mass is 32.1. The number of hydrogen-bond donors (Lipinski definition) is 1. The number of nitrogens with one attached hydrogen (secondary N) is 1. The zero-order chi connectivity index (χ0) is 11.6. The van der Waals surface area contributed by atoms with Crippen LogP contribution in [-0.4, -0.2) is 17.6 Å². The molecule has 0 amide bonds. The molecule has 0 aromatic carbocycles. The Hall–Kier alpha value is -0.670. The number of aromatic nitrogens is 1. The van der Waals surface area contributed by atoms with E-state index in [1.54, 1.807) is 11.3 Å². The van der Waals surface area contributed by atoms with Crippen LogP contribution in [0.1, 0.15) is 30.5 Å². The van der Waals surface area contributed by atoms with E-state index < -0.39 is 0 Å². The SMILES string of the molecule is C=CC(C)(CNC1CC1)Cc1nc(C)cs1. The molecule has 1 aromatic rings. The maximum atomic E-state index is 4.53. The Morgan fingerprint density at radius 3 is 2.94 bits per heavy atom. The van der Waals surface area contributed by atoms with Gasteiger partial charge in [0.25, 0.3) is 0 Å². The Kier molecular flexibility index (Phi) is 3.45. The minimum atomic E-state index is 0.132. The highest BCUT2D eigenvalue weighted by Gasteiger charge is 2.27. The van der Waals surface area contributed by atoms with Crippen molar-refractivity contribution in [2.45, 2.75) is 39.2 Å². The monoisotopic (exact) mass is 236 g/mol. The van der Waals surface area contributed by atoms with Gasteiger partial charge in [-0.3, -0.25) is 0 Å². The lowest BCUT2D eigenvalue weighted by atomic mass is 9.87. The lowest BCUT2D eigenvalue weighted by molar-refractivity contribution is 0.388. The largest absolute Gasteiger partial charge is 0.313 e. The summed E-state index contributed by atoms with van der Waals surface area (Å²) in [5, 5.41) is 6.92. The predicted molar refractivity (Wildman–Crippen MR) is 69.9 cm³/mol. The summed E-state index contributed by atoms with van der Waals surface area (Å²) in [4.78, 5) is 4.53. The van der Waals surface area contributed by atoms with Crippen LogP contribution in [0.3, 0.4) is 0 Å². The molecule has 3 heteroatoms. The van der Waals surface area contributed by atoms with Crippen molar-refractivity contribution in [1.29, 1.82) is 0 Å². The van der Waals surface area contributed by atoms with E-state index >= 15 is 0 Å². The molecule has 0 saturated heterocycles. The van der Waals surface area contributed by atoms with Crippen molar-refractivity contribution in [2.75, 3.05) is 6.54 Å². The van der Waals surface area contributed by atoms with Crippen molar-refractivity contribution in [3.63, 3.8) is 0 Å². The average Bonchev–Trinajstić information content (AvgIpc) is 3.01. The van der Waals surface area contributed by atoms with Gasteiger partial charge in [0.05, 0.1) is 5.01 Å². The fraction of sp³-hybridized carbons (Fsp3) is 0.615. The molecule has 2 nitrogen and oxygen atoms in total. The number of rotatable bonds is 6. The van der Waals surface area contributed by atoms with Crippen molar-refractivity contribution >= 4 is 11.3 Å². The molecule has 0 bridgehead atoms. The summed E-state index contributed by atoms with van der Waals surface area (Å²) in [6, 6.07) is 0.761. The maximum absolute atomic E-state index is 4.53. The molecule has 1 atom stereocenters. The van der Waals surface area contributed by atoms with E-state index in [0.29, 0.717) is 0 Å². The Labute approximate surface area is 102 Å². The molecule has 16 heavy (non-hydrogen) atoms. The smallest absolute Gasteiger partial charge is 0.0937 e. The van der Waals surface area contributed by atoms with Gasteiger partial charge in [0, 0.05) is 35.5 Å². The Morgan fingerprint density at radius 2 is 2.44 bits per heavy atom. The van der Waals surface area contributed by atoms with Gasteiger partial charge >= 0.3 is 0 Å². The maximum Gasteiger partial charge on any atom is 0.0937 e. The third kappa shape index (κ3) is 3.16. The lowest BCUT2D eigenvalue weighted by Crippen LogP contribution is -2.33. The molecule has 1 fully saturated rings. The van der Waals surface area contributed by atoms with Crippen molar-refractivity contribution in [1.82, 2.24) is 10.3 Å². The second-order valence-electron chi connectivity index (χ2n) is 5.07. The van der Waals surface area contributed by atoms with Crippen LogP contribution in [0.15, 0.2) is 18.0 Å². The van der Waals surface area contributed by atoms with E-state index in [1.165, 1.54) is 17.8 Å². The second kappa shape index (κ2) is 4.68. The summed E-state index contributed by atoms with van der Waals surface area (Å²) < 4.78 is 0. The van der Waals surface area contributed by atoms with Crippen LogP contribution >= 0.6 is 11.3 Å². The van der Waals surface area contributed by atoms with E-state index in [-0.39, 0.29) is 5.41 Å². The fourth-order valence-corrected chi connectivity index (χ4v) is 2.67. The first-order chi connectivity index (χ1) is 7.61. The van der Waals surface area contributed by atoms with Crippen molar-refractivity contribution < 1.29 is 0 Å². The Balaban J connectivity index is 1.93. The molecule has 1 N–H and O–H groups in total. The van der Waals surface area contributed by atoms with E-state index in [2.05, 4.69) is 35.3 Å². The zero-order valence-electron chi connectivity index (χ0n) is 10.1. The van der Waals surface area contributed by atoms with Crippen molar-refractivity contribution in [3.8, 4) is 0 Å². The van der Waals surface area contributed by atoms with Gasteiger partial charge in [-0.25, -0.2) is 4.98 Å². The average molecular weight is 236 g/mol. The topological polar surface area (TPSA) is 24.9 Å². The van der Waals surface area contributed by atoms with Crippen LogP contribution in [0, 0.1) is 12.3 Å². The van der Waals surface area contributed by atoms with Gasteiger partial charge < -0.3 is 5.32 Å². The third-order valence-electron chi connectivity index (χ3n) is 3.09. The quantitative estimate of drug-likeness (QED) is 0.768. The van der Waals surface area contributed by atoms with Gasteiger partial charge in [-0.05, 0) is 19.8 Å². The summed E-state index contributed by atoms with van der Waals surface area (Å²) in [6.45, 7) is 9.29. The molecular formula is C13H20N2S. The minimum Gasteiger partial charge on any atom is -0.313 e. The summed E-state index contributed by atoms with van der Waals surface area (Å²) in [7, 11) is 0. The third-order valence-corrected chi connectivity index (χ3v) is 4.05. The lowest BCUT2D eigenvalue weighted by Gasteiger charge is -2.25. The molecule has 1 unspecified atom stereocenters. The molecule has 1 aromatic heterocycles. The number of nitrogens with zero attached hydrogens (tertiary/aromatic N) is 1. The van der Waals surface area contributed by atoms with Crippen LogP contribution in [-0.2, 0) is 6.42 Å². The molecule has 1 heterocycles. The molecule has 0 aliphatic heterocycles. The fourth-order valence-electron chi connectivity index (χ4n) is 1.70. The van der Waals surface area contributed by atoms with Crippen LogP contribution in [0.2, 0.25) is 0 Å². The molecule has 1 aliphatic rings. The first-order valence-electron chi connectivity index (χ1n) is 5.89. The minimum absolute atomic E-state index is 0.132. The molecule has 1 aliphatic carbocycles. The number of hydrogen-bond acceptors (Lipinski definition) is 3. The summed E-state index contributed by atoms with van der Waals surface area (Å²) in [5.74, 6) is 0. The molecular weight excluding hydrogens is 216 g/mol. The van der Waals surface area contributed by atoms with Gasteiger partial charge in [0.2, 0.25) is 0 Å². The van der Waals surface area contributed by atoms with Gasteiger partial charge in [-0.2, -0.15) is 0 Å². The van der Waals surface area contributed by atoms with E-state index in [4.69, 9.17) is 0 Å². The molecule has 0 spiro atoms. The highest BCUT2D eigenvalue weighted by Crippen LogP contribution is 2.27. The van der Waals surface area contributed by atoms with Crippen LogP contribution in [0.25, 0.3) is 0 Å². The predicted octanol–water partition coefficient (Wildman–Crippen LogP) is 2.94. The Morgan fingerprint density at radius 1 is 1.69 bits per heavy atom. The second-order valence-corrected chi connectivity index (χ2v) is 6.02. The van der Waals surface area contributed by atoms with E-state index in [9.17, 15) is 0 Å². The summed E-state index contributed by atoms with van der Waals surface area (Å²) >= 11 is 1.75. The van der Waals surface area contributed by atoms with Crippen molar-refractivity contribution in [3.05, 3.63) is 28.7 Å². The molecule has 2 rings (SSSR count). The number of aryl methyl sites for hydroxylation is 1. The summed E-state index contributed by atoms with van der Waals surface area (Å²) in [5.41, 5.74) is 1.26. The van der Waals surface area contributed by atoms with Gasteiger partial charge in [0.1, 0.15) is 0 Å². The van der Waals surface area contributed by atoms with Gasteiger partial charge in [-0.1, -0.05) is 13.0 Å². The van der Waals surface area contributed by atoms with Crippen LogP contribution < -0.4 is 5.32 Å². The van der Waals surface area contributed by atoms with E-state index in [0.717, 1.165) is 24.7 Å². The summed E-state index contributed by atoms with van der Waals surface area (Å²) in [6.07, 6.45) is 5.74. The molecule has 88 valence electrons. The highest BCUT2D eigenvalue weighted by molar-refractivity contribution is 7.09. The number of thiazole rings is 1. The normalized spacial score (nSPS) is 19.4. The van der Waals surface area contributed by atoms with Gasteiger partial charge in [0.15, 0.2) is 0 Å². The first-order valence-corrected chi connectivity index (χ1v) is 6.77. The van der Waals surface area contributed by atoms with Gasteiger partial charge in [-0.15, -0.1) is 17.9 Å². The standard InChI is InChI=1S/C13H20N2S/c1-4-13(3,9-14-11-5-6-11)7-12-15-10(2)8-16-12/h4,8,11,14H,1,5-7,9H2,2-3H3. The molecule has 1 saturated carbocycles. The Bertz CT molecular complexity index is 368. The molecule has 0 radical (unpaired) electrons.